The molecule has 24 heavy (non-hydrogen) atoms. The number of aromatic nitrogens is 2. The van der Waals surface area contributed by atoms with E-state index in [0.717, 1.165) is 24.7 Å². The Kier molecular flexibility index (Phi) is 4.50. The lowest BCUT2D eigenvalue weighted by Crippen LogP contribution is -2.13. The van der Waals surface area contributed by atoms with Crippen molar-refractivity contribution >= 4 is 22.9 Å². The van der Waals surface area contributed by atoms with Gasteiger partial charge in [-0.05, 0) is 36.1 Å². The Hall–Kier alpha value is -2.07. The first-order chi connectivity index (χ1) is 11.1. The molecule has 1 aliphatic heterocycles. The third kappa shape index (κ3) is 2.86. The van der Waals surface area contributed by atoms with Gasteiger partial charge in [0.15, 0.2) is 0 Å². The summed E-state index contributed by atoms with van der Waals surface area (Å²) in [5.41, 5.74) is 7.42. The van der Waals surface area contributed by atoms with Crippen LogP contribution in [0, 0.1) is 13.8 Å². The lowest BCUT2D eigenvalue weighted by molar-refractivity contribution is 0.795. The van der Waals surface area contributed by atoms with Crippen molar-refractivity contribution in [3.05, 3.63) is 59.8 Å². The van der Waals surface area contributed by atoms with Crippen LogP contribution >= 0.6 is 17.0 Å². The third-order valence-electron chi connectivity index (χ3n) is 4.79. The SMILES string of the molecule is Br.Cc1ccc(-c2ccc(-c3cn4c(n3)N(C)CC4)cc2)cc1C. The Balaban J connectivity index is 0.00000169. The number of hydrogen-bond acceptors (Lipinski definition) is 2. The van der Waals surface area contributed by atoms with E-state index in [1.807, 2.05) is 0 Å². The van der Waals surface area contributed by atoms with Crippen LogP contribution in [0.15, 0.2) is 48.7 Å². The molecule has 0 N–H and O–H groups in total. The first-order valence-corrected chi connectivity index (χ1v) is 8.08. The van der Waals surface area contributed by atoms with E-state index in [1.165, 1.54) is 27.8 Å². The Morgan fingerprint density at radius 2 is 1.50 bits per heavy atom. The van der Waals surface area contributed by atoms with Crippen molar-refractivity contribution in [2.75, 3.05) is 18.5 Å². The molecular formula is C20H22BrN3. The summed E-state index contributed by atoms with van der Waals surface area (Å²) >= 11 is 0. The molecule has 0 aliphatic carbocycles. The van der Waals surface area contributed by atoms with Gasteiger partial charge in [0, 0.05) is 31.9 Å². The summed E-state index contributed by atoms with van der Waals surface area (Å²) in [6.07, 6.45) is 2.16. The molecule has 2 aromatic carbocycles. The highest BCUT2D eigenvalue weighted by atomic mass is 79.9. The second kappa shape index (κ2) is 6.44. The highest BCUT2D eigenvalue weighted by molar-refractivity contribution is 8.93. The maximum Gasteiger partial charge on any atom is 0.205 e. The summed E-state index contributed by atoms with van der Waals surface area (Å²) in [6.45, 7) is 6.39. The van der Waals surface area contributed by atoms with Gasteiger partial charge in [-0.25, -0.2) is 4.98 Å². The highest BCUT2D eigenvalue weighted by Gasteiger charge is 2.18. The zero-order valence-electron chi connectivity index (χ0n) is 14.3. The summed E-state index contributed by atoms with van der Waals surface area (Å²) in [4.78, 5) is 6.96. The van der Waals surface area contributed by atoms with Gasteiger partial charge >= 0.3 is 0 Å². The first kappa shape index (κ1) is 16.8. The predicted octanol–water partition coefficient (Wildman–Crippen LogP) is 4.86. The van der Waals surface area contributed by atoms with Crippen molar-refractivity contribution in [1.82, 2.24) is 9.55 Å². The van der Waals surface area contributed by atoms with Crippen molar-refractivity contribution in [3.8, 4) is 22.4 Å². The molecule has 4 rings (SSSR count). The van der Waals surface area contributed by atoms with Crippen molar-refractivity contribution in [3.63, 3.8) is 0 Å². The summed E-state index contributed by atoms with van der Waals surface area (Å²) in [5, 5.41) is 0. The van der Waals surface area contributed by atoms with Crippen molar-refractivity contribution in [1.29, 1.82) is 0 Å². The van der Waals surface area contributed by atoms with E-state index >= 15 is 0 Å². The summed E-state index contributed by atoms with van der Waals surface area (Å²) < 4.78 is 2.23. The summed E-state index contributed by atoms with van der Waals surface area (Å²) in [6, 6.07) is 15.3. The molecule has 0 bridgehead atoms. The van der Waals surface area contributed by atoms with E-state index in [-0.39, 0.29) is 17.0 Å². The van der Waals surface area contributed by atoms with Gasteiger partial charge in [0.05, 0.1) is 5.69 Å². The average molecular weight is 384 g/mol. The highest BCUT2D eigenvalue weighted by Crippen LogP contribution is 2.28. The summed E-state index contributed by atoms with van der Waals surface area (Å²) in [5.74, 6) is 1.07. The minimum Gasteiger partial charge on any atom is -0.344 e. The van der Waals surface area contributed by atoms with Crippen LogP contribution in [-0.4, -0.2) is 23.1 Å². The monoisotopic (exact) mass is 383 g/mol. The van der Waals surface area contributed by atoms with E-state index in [0.29, 0.717) is 0 Å². The standard InChI is InChI=1S/C20H21N3.BrH/c1-14-4-5-18(12-15(14)2)16-6-8-17(9-7-16)19-13-23-11-10-22(3)20(23)21-19;/h4-9,12-13H,10-11H2,1-3H3;1H. The van der Waals surface area contributed by atoms with E-state index in [1.54, 1.807) is 0 Å². The van der Waals surface area contributed by atoms with Crippen LogP contribution in [0.3, 0.4) is 0 Å². The van der Waals surface area contributed by atoms with Gasteiger partial charge in [0.25, 0.3) is 0 Å². The number of anilines is 1. The molecule has 0 spiro atoms. The fourth-order valence-corrected chi connectivity index (χ4v) is 3.13. The lowest BCUT2D eigenvalue weighted by atomic mass is 9.99. The number of halogens is 1. The van der Waals surface area contributed by atoms with Crippen LogP contribution in [0.5, 0.6) is 0 Å². The second-order valence-electron chi connectivity index (χ2n) is 6.42. The number of fused-ring (bicyclic) bond motifs is 1. The van der Waals surface area contributed by atoms with E-state index in [9.17, 15) is 0 Å². The normalized spacial score (nSPS) is 12.9. The molecule has 124 valence electrons. The molecule has 0 saturated carbocycles. The molecule has 0 amide bonds. The van der Waals surface area contributed by atoms with Gasteiger partial charge in [0.1, 0.15) is 0 Å². The van der Waals surface area contributed by atoms with Crippen LogP contribution in [0.25, 0.3) is 22.4 Å². The number of aryl methyl sites for hydroxylation is 2. The maximum absolute atomic E-state index is 4.76. The molecule has 1 aliphatic rings. The Labute approximate surface area is 153 Å². The number of nitrogens with zero attached hydrogens (tertiary/aromatic N) is 3. The first-order valence-electron chi connectivity index (χ1n) is 8.08. The van der Waals surface area contributed by atoms with Crippen LogP contribution < -0.4 is 4.90 Å². The molecule has 0 atom stereocenters. The molecule has 1 aromatic heterocycles. The largest absolute Gasteiger partial charge is 0.344 e. The van der Waals surface area contributed by atoms with Gasteiger partial charge < -0.3 is 9.47 Å². The number of likely N-dealkylation sites (N-methyl/N-ethyl adjacent to an activating group) is 1. The van der Waals surface area contributed by atoms with Gasteiger partial charge in [-0.1, -0.05) is 42.5 Å². The van der Waals surface area contributed by atoms with Gasteiger partial charge in [-0.3, -0.25) is 0 Å². The molecule has 0 fully saturated rings. The fraction of sp³-hybridized carbons (Fsp3) is 0.250. The Bertz CT molecular complexity index is 865. The van der Waals surface area contributed by atoms with Crippen LogP contribution in [0.1, 0.15) is 11.1 Å². The molecule has 4 heteroatoms. The molecule has 0 saturated heterocycles. The quantitative estimate of drug-likeness (QED) is 0.629. The van der Waals surface area contributed by atoms with Gasteiger partial charge in [-0.15, -0.1) is 17.0 Å². The molecule has 3 aromatic rings. The zero-order valence-corrected chi connectivity index (χ0v) is 16.0. The molecule has 0 radical (unpaired) electrons. The lowest BCUT2D eigenvalue weighted by Gasteiger charge is -2.07. The molecular weight excluding hydrogens is 362 g/mol. The predicted molar refractivity (Wildman–Crippen MR) is 106 cm³/mol. The number of rotatable bonds is 2. The zero-order chi connectivity index (χ0) is 16.0. The minimum absolute atomic E-state index is 0. The molecule has 0 unspecified atom stereocenters. The number of benzene rings is 2. The van der Waals surface area contributed by atoms with Gasteiger partial charge in [0.2, 0.25) is 5.95 Å². The molecule has 2 heterocycles. The Morgan fingerprint density at radius 1 is 0.833 bits per heavy atom. The average Bonchev–Trinajstić information content (AvgIpc) is 3.13. The van der Waals surface area contributed by atoms with Crippen molar-refractivity contribution in [2.45, 2.75) is 20.4 Å². The third-order valence-corrected chi connectivity index (χ3v) is 4.79. The maximum atomic E-state index is 4.76. The van der Waals surface area contributed by atoms with Crippen molar-refractivity contribution < 1.29 is 0 Å². The topological polar surface area (TPSA) is 21.1 Å². The second-order valence-corrected chi connectivity index (χ2v) is 6.42. The minimum atomic E-state index is 0. The fourth-order valence-electron chi connectivity index (χ4n) is 3.13. The number of hydrogen-bond donors (Lipinski definition) is 0. The van der Waals surface area contributed by atoms with Crippen LogP contribution in [0.2, 0.25) is 0 Å². The Morgan fingerprint density at radius 3 is 2.17 bits per heavy atom. The van der Waals surface area contributed by atoms with Gasteiger partial charge in [-0.2, -0.15) is 0 Å². The molecule has 3 nitrogen and oxygen atoms in total. The smallest absolute Gasteiger partial charge is 0.205 e. The van der Waals surface area contributed by atoms with E-state index < -0.39 is 0 Å². The van der Waals surface area contributed by atoms with E-state index in [2.05, 4.69) is 79.0 Å². The summed E-state index contributed by atoms with van der Waals surface area (Å²) in [7, 11) is 2.10. The van der Waals surface area contributed by atoms with E-state index in [4.69, 9.17) is 4.98 Å². The number of imidazole rings is 1. The van der Waals surface area contributed by atoms with Crippen LogP contribution in [0.4, 0.5) is 5.95 Å². The van der Waals surface area contributed by atoms with Crippen molar-refractivity contribution in [2.24, 2.45) is 0 Å². The van der Waals surface area contributed by atoms with Crippen LogP contribution in [-0.2, 0) is 6.54 Å².